The SMILES string of the molecule is O=C(CSCc1nc2sc3c(c2c(=O)[nH]1)CCC3)NCc1ccc(-n2ccnc2)c(F)c1. The third-order valence-corrected chi connectivity index (χ3v) is 7.51. The van der Waals surface area contributed by atoms with Crippen molar-refractivity contribution in [3.63, 3.8) is 0 Å². The molecule has 0 aliphatic heterocycles. The van der Waals surface area contributed by atoms with Gasteiger partial charge in [-0.05, 0) is 42.5 Å². The molecule has 5 rings (SSSR count). The van der Waals surface area contributed by atoms with E-state index in [4.69, 9.17) is 0 Å². The van der Waals surface area contributed by atoms with E-state index in [1.807, 2.05) is 0 Å². The molecule has 0 spiro atoms. The summed E-state index contributed by atoms with van der Waals surface area (Å²) in [5.41, 5.74) is 2.15. The molecule has 4 aromatic rings. The molecule has 1 amide bonds. The monoisotopic (exact) mass is 469 g/mol. The van der Waals surface area contributed by atoms with Crippen LogP contribution in [0.1, 0.15) is 28.2 Å². The maximum atomic E-state index is 14.3. The first-order chi connectivity index (χ1) is 15.6. The molecular weight excluding hydrogens is 449 g/mol. The summed E-state index contributed by atoms with van der Waals surface area (Å²) in [5, 5.41) is 3.53. The Morgan fingerprint density at radius 1 is 1.34 bits per heavy atom. The number of aromatic nitrogens is 4. The van der Waals surface area contributed by atoms with E-state index >= 15 is 0 Å². The summed E-state index contributed by atoms with van der Waals surface area (Å²) >= 11 is 2.98. The summed E-state index contributed by atoms with van der Waals surface area (Å²) in [7, 11) is 0. The highest BCUT2D eigenvalue weighted by Gasteiger charge is 2.21. The Hall–Kier alpha value is -2.98. The number of thioether (sulfide) groups is 1. The largest absolute Gasteiger partial charge is 0.351 e. The van der Waals surface area contributed by atoms with Gasteiger partial charge in [0, 0.05) is 23.8 Å². The zero-order valence-corrected chi connectivity index (χ0v) is 18.7. The number of hydrogen-bond acceptors (Lipinski definition) is 6. The second-order valence-corrected chi connectivity index (χ2v) is 9.64. The molecule has 10 heteroatoms. The molecule has 0 radical (unpaired) electrons. The molecule has 0 bridgehead atoms. The van der Waals surface area contributed by atoms with E-state index in [-0.39, 0.29) is 29.6 Å². The third-order valence-electron chi connectivity index (χ3n) is 5.38. The van der Waals surface area contributed by atoms with Crippen LogP contribution in [-0.2, 0) is 29.9 Å². The molecule has 0 fully saturated rings. The van der Waals surface area contributed by atoms with Crippen LogP contribution in [0.3, 0.4) is 0 Å². The maximum absolute atomic E-state index is 14.3. The lowest BCUT2D eigenvalue weighted by Crippen LogP contribution is -2.24. The number of rotatable bonds is 7. The van der Waals surface area contributed by atoms with E-state index in [9.17, 15) is 14.0 Å². The molecule has 32 heavy (non-hydrogen) atoms. The average molecular weight is 470 g/mol. The summed E-state index contributed by atoms with van der Waals surface area (Å²) in [6, 6.07) is 4.84. The summed E-state index contributed by atoms with van der Waals surface area (Å²) in [5.74, 6) is 0.701. The lowest BCUT2D eigenvalue weighted by Gasteiger charge is -2.08. The van der Waals surface area contributed by atoms with Gasteiger partial charge in [0.15, 0.2) is 0 Å². The van der Waals surface area contributed by atoms with Crippen LogP contribution in [0.5, 0.6) is 0 Å². The van der Waals surface area contributed by atoms with Crippen LogP contribution < -0.4 is 10.9 Å². The predicted octanol–water partition coefficient (Wildman–Crippen LogP) is 3.35. The summed E-state index contributed by atoms with van der Waals surface area (Å²) < 4.78 is 15.9. The lowest BCUT2D eigenvalue weighted by molar-refractivity contribution is -0.118. The quantitative estimate of drug-likeness (QED) is 0.433. The van der Waals surface area contributed by atoms with Gasteiger partial charge in [-0.25, -0.2) is 14.4 Å². The van der Waals surface area contributed by atoms with Crippen LogP contribution in [0.15, 0.2) is 41.7 Å². The van der Waals surface area contributed by atoms with Gasteiger partial charge in [-0.3, -0.25) is 9.59 Å². The smallest absolute Gasteiger partial charge is 0.259 e. The summed E-state index contributed by atoms with van der Waals surface area (Å²) in [6.45, 7) is 0.238. The number of imidazole rings is 1. The van der Waals surface area contributed by atoms with Crippen LogP contribution in [0.2, 0.25) is 0 Å². The number of nitrogens with zero attached hydrogens (tertiary/aromatic N) is 3. The van der Waals surface area contributed by atoms with E-state index < -0.39 is 0 Å². The highest BCUT2D eigenvalue weighted by atomic mass is 32.2. The van der Waals surface area contributed by atoms with Gasteiger partial charge >= 0.3 is 0 Å². The van der Waals surface area contributed by atoms with Crippen LogP contribution in [-0.4, -0.2) is 31.2 Å². The molecule has 3 heterocycles. The number of fused-ring (bicyclic) bond motifs is 3. The number of halogens is 1. The molecule has 3 aromatic heterocycles. The number of nitrogens with one attached hydrogen (secondary N) is 2. The normalized spacial score (nSPS) is 12.9. The Bertz CT molecular complexity index is 1350. The molecule has 7 nitrogen and oxygen atoms in total. The Morgan fingerprint density at radius 3 is 3.06 bits per heavy atom. The van der Waals surface area contributed by atoms with Crippen molar-refractivity contribution in [1.29, 1.82) is 0 Å². The number of benzene rings is 1. The first kappa shape index (κ1) is 20.9. The second kappa shape index (κ2) is 8.87. The van der Waals surface area contributed by atoms with Crippen molar-refractivity contribution in [2.75, 3.05) is 5.75 Å². The van der Waals surface area contributed by atoms with Gasteiger partial charge in [-0.15, -0.1) is 23.1 Å². The summed E-state index contributed by atoms with van der Waals surface area (Å²) in [6.07, 6.45) is 7.86. The number of amides is 1. The van der Waals surface area contributed by atoms with Crippen molar-refractivity contribution in [2.24, 2.45) is 0 Å². The van der Waals surface area contributed by atoms with Gasteiger partial charge in [0.05, 0.1) is 28.9 Å². The molecule has 2 N–H and O–H groups in total. The topological polar surface area (TPSA) is 92.7 Å². The predicted molar refractivity (Wildman–Crippen MR) is 124 cm³/mol. The van der Waals surface area contributed by atoms with Crippen molar-refractivity contribution in [3.8, 4) is 5.69 Å². The molecule has 1 aromatic carbocycles. The van der Waals surface area contributed by atoms with E-state index in [0.717, 1.165) is 35.0 Å². The second-order valence-electron chi connectivity index (χ2n) is 7.58. The number of aryl methyl sites for hydroxylation is 2. The molecular formula is C22H20FN5O2S2. The zero-order chi connectivity index (χ0) is 22.1. The highest BCUT2D eigenvalue weighted by Crippen LogP contribution is 2.34. The highest BCUT2D eigenvalue weighted by molar-refractivity contribution is 7.99. The molecule has 0 atom stereocenters. The Labute approximate surface area is 191 Å². The van der Waals surface area contributed by atoms with Crippen molar-refractivity contribution in [3.05, 3.63) is 74.9 Å². The van der Waals surface area contributed by atoms with Crippen LogP contribution >= 0.6 is 23.1 Å². The first-order valence-corrected chi connectivity index (χ1v) is 12.2. The molecule has 0 saturated heterocycles. The van der Waals surface area contributed by atoms with E-state index in [1.165, 1.54) is 29.0 Å². The standard InChI is InChI=1S/C22H20FN5O2S2/c23-15-8-13(4-5-16(15)28-7-6-24-12-28)9-25-19(29)11-31-10-18-26-21(30)20-14-2-1-3-17(14)32-22(20)27-18/h4-8,12H,1-3,9-11H2,(H,25,29)(H,26,27,30). The Morgan fingerprint density at radius 2 is 2.25 bits per heavy atom. The van der Waals surface area contributed by atoms with Crippen molar-refractivity contribution in [2.45, 2.75) is 31.6 Å². The van der Waals surface area contributed by atoms with Crippen LogP contribution in [0.25, 0.3) is 15.9 Å². The molecule has 1 aliphatic rings. The number of thiophene rings is 1. The zero-order valence-electron chi connectivity index (χ0n) is 17.1. The maximum Gasteiger partial charge on any atom is 0.259 e. The number of carbonyl (C=O) groups is 1. The van der Waals surface area contributed by atoms with Gasteiger partial charge in [0.25, 0.3) is 5.56 Å². The van der Waals surface area contributed by atoms with Gasteiger partial charge in [-0.2, -0.15) is 0 Å². The van der Waals surface area contributed by atoms with Crippen LogP contribution in [0, 0.1) is 5.82 Å². The fourth-order valence-corrected chi connectivity index (χ4v) is 5.88. The molecule has 164 valence electrons. The van der Waals surface area contributed by atoms with Gasteiger partial charge in [-0.1, -0.05) is 6.07 Å². The number of H-pyrrole nitrogens is 1. The van der Waals surface area contributed by atoms with Crippen molar-refractivity contribution >= 4 is 39.2 Å². The van der Waals surface area contributed by atoms with Gasteiger partial charge in [0.1, 0.15) is 16.5 Å². The van der Waals surface area contributed by atoms with Crippen LogP contribution in [0.4, 0.5) is 4.39 Å². The molecule has 1 aliphatic carbocycles. The van der Waals surface area contributed by atoms with Gasteiger partial charge < -0.3 is 14.9 Å². The first-order valence-electron chi connectivity index (χ1n) is 10.2. The van der Waals surface area contributed by atoms with Crippen molar-refractivity contribution in [1.82, 2.24) is 24.8 Å². The fourth-order valence-electron chi connectivity index (χ4n) is 3.88. The van der Waals surface area contributed by atoms with E-state index in [1.54, 1.807) is 40.4 Å². The average Bonchev–Trinajstić information content (AvgIpc) is 3.50. The Kier molecular flexibility index (Phi) is 5.79. The third kappa shape index (κ3) is 4.20. The Balaban J connectivity index is 1.14. The minimum absolute atomic E-state index is 0.0874. The van der Waals surface area contributed by atoms with E-state index in [2.05, 4.69) is 20.3 Å². The number of hydrogen-bond donors (Lipinski definition) is 2. The molecule has 0 unspecified atom stereocenters. The van der Waals surface area contributed by atoms with Gasteiger partial charge in [0.2, 0.25) is 5.91 Å². The van der Waals surface area contributed by atoms with E-state index in [0.29, 0.717) is 22.8 Å². The number of carbonyl (C=O) groups excluding carboxylic acids is 1. The minimum atomic E-state index is -0.380. The number of aromatic amines is 1. The molecule has 0 saturated carbocycles. The fraction of sp³-hybridized carbons (Fsp3) is 0.273. The summed E-state index contributed by atoms with van der Waals surface area (Å²) in [4.78, 5) is 38.1. The lowest BCUT2D eigenvalue weighted by atomic mass is 10.2. The minimum Gasteiger partial charge on any atom is -0.351 e. The van der Waals surface area contributed by atoms with Crippen molar-refractivity contribution < 1.29 is 9.18 Å².